The van der Waals surface area contributed by atoms with E-state index < -0.39 is 0 Å². The molecule has 4 atom stereocenters. The molecule has 5 nitrogen and oxygen atoms in total. The van der Waals surface area contributed by atoms with Crippen LogP contribution in [-0.4, -0.2) is 34.0 Å². The average molecular weight is 303 g/mol. The topological polar surface area (TPSA) is 59.2 Å². The van der Waals surface area contributed by atoms with Crippen LogP contribution in [0.15, 0.2) is 4.52 Å². The fourth-order valence-corrected chi connectivity index (χ4v) is 4.64. The third-order valence-electron chi connectivity index (χ3n) is 5.96. The van der Waals surface area contributed by atoms with Crippen LogP contribution >= 0.6 is 0 Å². The van der Waals surface area contributed by atoms with Crippen LogP contribution < -0.4 is 0 Å². The summed E-state index contributed by atoms with van der Waals surface area (Å²) < 4.78 is 5.60. The van der Waals surface area contributed by atoms with E-state index in [9.17, 15) is 4.79 Å². The summed E-state index contributed by atoms with van der Waals surface area (Å²) in [6.45, 7) is 5.68. The number of carbonyl (C=O) groups excluding carboxylic acids is 1. The third kappa shape index (κ3) is 2.17. The zero-order valence-corrected chi connectivity index (χ0v) is 13.5. The summed E-state index contributed by atoms with van der Waals surface area (Å²) in [5.74, 6) is 3.70. The maximum absolute atomic E-state index is 13.0. The van der Waals surface area contributed by atoms with Gasteiger partial charge in [0.1, 0.15) is 0 Å². The predicted octanol–water partition coefficient (Wildman–Crippen LogP) is 2.95. The van der Waals surface area contributed by atoms with E-state index in [4.69, 9.17) is 4.52 Å². The molecule has 22 heavy (non-hydrogen) atoms. The maximum atomic E-state index is 13.0. The van der Waals surface area contributed by atoms with E-state index in [2.05, 4.69) is 24.0 Å². The van der Waals surface area contributed by atoms with E-state index in [1.165, 1.54) is 25.7 Å². The lowest BCUT2D eigenvalue weighted by Crippen LogP contribution is -2.40. The minimum atomic E-state index is 0.0613. The molecular weight excluding hydrogens is 278 g/mol. The van der Waals surface area contributed by atoms with Crippen LogP contribution in [0.4, 0.5) is 0 Å². The van der Waals surface area contributed by atoms with Crippen molar-refractivity contribution in [1.29, 1.82) is 0 Å². The number of fused-ring (bicyclic) bond motifs is 2. The Morgan fingerprint density at radius 3 is 2.59 bits per heavy atom. The zero-order chi connectivity index (χ0) is 15.3. The van der Waals surface area contributed by atoms with Crippen molar-refractivity contribution in [3.05, 3.63) is 11.7 Å². The Morgan fingerprint density at radius 2 is 1.91 bits per heavy atom. The fraction of sp³-hybridized carbons (Fsp3) is 0.824. The predicted molar refractivity (Wildman–Crippen MR) is 81.3 cm³/mol. The lowest BCUT2D eigenvalue weighted by Gasteiger charge is -2.31. The summed E-state index contributed by atoms with van der Waals surface area (Å²) in [5.41, 5.74) is 0. The van der Waals surface area contributed by atoms with E-state index in [1.807, 2.05) is 4.90 Å². The molecule has 3 saturated carbocycles. The summed E-state index contributed by atoms with van der Waals surface area (Å²) in [7, 11) is 0. The van der Waals surface area contributed by atoms with Crippen molar-refractivity contribution in [1.82, 2.24) is 15.0 Å². The summed E-state index contributed by atoms with van der Waals surface area (Å²) in [6.07, 6.45) is 5.90. The Bertz CT molecular complexity index is 562. The monoisotopic (exact) mass is 303 g/mol. The van der Waals surface area contributed by atoms with Gasteiger partial charge < -0.3 is 9.42 Å². The molecule has 0 aliphatic heterocycles. The van der Waals surface area contributed by atoms with Crippen LogP contribution in [0.5, 0.6) is 0 Å². The number of rotatable bonds is 5. The molecule has 0 radical (unpaired) electrons. The molecule has 3 aliphatic carbocycles. The maximum Gasteiger partial charge on any atom is 0.230 e. The highest BCUT2D eigenvalue weighted by atomic mass is 16.5. The van der Waals surface area contributed by atoms with Gasteiger partial charge in [-0.2, -0.15) is 4.98 Å². The molecule has 1 amide bonds. The van der Waals surface area contributed by atoms with Crippen LogP contribution in [0.1, 0.15) is 69.5 Å². The minimum Gasteiger partial charge on any atom is -0.343 e. The highest BCUT2D eigenvalue weighted by molar-refractivity contribution is 5.80. The average Bonchev–Trinajstić information content (AvgIpc) is 2.98. The standard InChI is InChI=1S/C17H25N3O2/c1-3-20(4-2)17(21)14-12-8-7-11(9-12)13(14)16-18-15(19-22-16)10-5-6-10/h10-14H,3-9H2,1-2H3/t11-,12+,13+,14+/m1/s1. The first kappa shape index (κ1) is 14.2. The zero-order valence-electron chi connectivity index (χ0n) is 13.5. The minimum absolute atomic E-state index is 0.0613. The molecule has 0 unspecified atom stereocenters. The summed E-state index contributed by atoms with van der Waals surface area (Å²) in [5, 5.41) is 4.17. The lowest BCUT2D eigenvalue weighted by atomic mass is 9.78. The molecule has 0 spiro atoms. The van der Waals surface area contributed by atoms with Crippen molar-refractivity contribution < 1.29 is 9.32 Å². The second-order valence-electron chi connectivity index (χ2n) is 7.16. The van der Waals surface area contributed by atoms with Crippen LogP contribution in [0.2, 0.25) is 0 Å². The van der Waals surface area contributed by atoms with Crippen molar-refractivity contribution in [2.24, 2.45) is 17.8 Å². The van der Waals surface area contributed by atoms with Crippen LogP contribution in [-0.2, 0) is 4.79 Å². The van der Waals surface area contributed by atoms with Gasteiger partial charge in [-0.1, -0.05) is 5.16 Å². The fourth-order valence-electron chi connectivity index (χ4n) is 4.64. The quantitative estimate of drug-likeness (QED) is 0.839. The Labute approximate surface area is 131 Å². The molecule has 0 saturated heterocycles. The Morgan fingerprint density at radius 1 is 1.18 bits per heavy atom. The molecule has 1 aromatic heterocycles. The van der Waals surface area contributed by atoms with Crippen molar-refractivity contribution in [3.8, 4) is 0 Å². The molecule has 0 N–H and O–H groups in total. The van der Waals surface area contributed by atoms with E-state index in [0.717, 1.165) is 31.2 Å². The SMILES string of the molecule is CCN(CC)C(=O)[C@H]1[C@H]2CC[C@H](C2)[C@@H]1c1nc(C2CC2)no1. The highest BCUT2D eigenvalue weighted by Gasteiger charge is 2.54. The molecule has 5 heteroatoms. The molecule has 1 heterocycles. The van der Waals surface area contributed by atoms with Crippen molar-refractivity contribution in [2.75, 3.05) is 13.1 Å². The molecule has 0 aromatic carbocycles. The van der Waals surface area contributed by atoms with Gasteiger partial charge in [-0.25, -0.2) is 0 Å². The van der Waals surface area contributed by atoms with E-state index in [1.54, 1.807) is 0 Å². The number of hydrogen-bond acceptors (Lipinski definition) is 4. The van der Waals surface area contributed by atoms with Gasteiger partial charge in [0.2, 0.25) is 11.8 Å². The van der Waals surface area contributed by atoms with E-state index in [-0.39, 0.29) is 11.8 Å². The number of nitrogens with zero attached hydrogens (tertiary/aromatic N) is 3. The van der Waals surface area contributed by atoms with E-state index in [0.29, 0.717) is 23.7 Å². The van der Waals surface area contributed by atoms with Gasteiger partial charge in [0, 0.05) is 19.0 Å². The van der Waals surface area contributed by atoms with Gasteiger partial charge >= 0.3 is 0 Å². The molecular formula is C17H25N3O2. The molecule has 3 aliphatic rings. The Kier molecular flexibility index (Phi) is 3.46. The van der Waals surface area contributed by atoms with Crippen LogP contribution in [0.3, 0.4) is 0 Å². The number of aromatic nitrogens is 2. The number of amides is 1. The first-order valence-corrected chi connectivity index (χ1v) is 8.85. The second kappa shape index (κ2) is 5.36. The largest absolute Gasteiger partial charge is 0.343 e. The van der Waals surface area contributed by atoms with Gasteiger partial charge in [-0.3, -0.25) is 4.79 Å². The first-order chi connectivity index (χ1) is 10.7. The summed E-state index contributed by atoms with van der Waals surface area (Å²) in [6, 6.07) is 0. The second-order valence-corrected chi connectivity index (χ2v) is 7.16. The summed E-state index contributed by atoms with van der Waals surface area (Å²) >= 11 is 0. The van der Waals surface area contributed by atoms with Gasteiger partial charge in [0.05, 0.1) is 11.8 Å². The normalized spacial score (nSPS) is 33.4. The van der Waals surface area contributed by atoms with Gasteiger partial charge in [-0.05, 0) is 57.8 Å². The van der Waals surface area contributed by atoms with Crippen LogP contribution in [0, 0.1) is 17.8 Å². The van der Waals surface area contributed by atoms with Gasteiger partial charge in [0.25, 0.3) is 0 Å². The molecule has 3 fully saturated rings. The van der Waals surface area contributed by atoms with Gasteiger partial charge in [0.15, 0.2) is 5.82 Å². The van der Waals surface area contributed by atoms with Crippen LogP contribution in [0.25, 0.3) is 0 Å². The highest BCUT2D eigenvalue weighted by Crippen LogP contribution is 2.57. The third-order valence-corrected chi connectivity index (χ3v) is 5.96. The lowest BCUT2D eigenvalue weighted by molar-refractivity contribution is -0.137. The molecule has 2 bridgehead atoms. The molecule has 1 aromatic rings. The number of carbonyl (C=O) groups is 1. The Hall–Kier alpha value is -1.39. The van der Waals surface area contributed by atoms with Crippen molar-refractivity contribution in [3.63, 3.8) is 0 Å². The first-order valence-electron chi connectivity index (χ1n) is 8.85. The smallest absolute Gasteiger partial charge is 0.230 e. The van der Waals surface area contributed by atoms with Crippen molar-refractivity contribution >= 4 is 5.91 Å². The molecule has 120 valence electrons. The Balaban J connectivity index is 1.61. The number of hydrogen-bond donors (Lipinski definition) is 0. The van der Waals surface area contributed by atoms with Gasteiger partial charge in [-0.15, -0.1) is 0 Å². The van der Waals surface area contributed by atoms with E-state index >= 15 is 0 Å². The summed E-state index contributed by atoms with van der Waals surface area (Å²) in [4.78, 5) is 19.6. The van der Waals surface area contributed by atoms with Crippen molar-refractivity contribution in [2.45, 2.75) is 57.8 Å². The molecule has 4 rings (SSSR count).